The van der Waals surface area contributed by atoms with Gasteiger partial charge in [-0.25, -0.2) is 13.1 Å². The molecule has 1 rings (SSSR count). The summed E-state index contributed by atoms with van der Waals surface area (Å²) in [6, 6.07) is 2.63. The molecule has 0 saturated carbocycles. The highest BCUT2D eigenvalue weighted by Crippen LogP contribution is 2.32. The number of unbranched alkanes of at least 4 members (excludes halogenated alkanes) is 1. The van der Waals surface area contributed by atoms with E-state index in [1.807, 2.05) is 6.92 Å². The first-order chi connectivity index (χ1) is 9.85. The van der Waals surface area contributed by atoms with Crippen molar-refractivity contribution in [1.29, 1.82) is 0 Å². The number of aliphatic hydroxyl groups is 1. The van der Waals surface area contributed by atoms with Gasteiger partial charge in [0.1, 0.15) is 10.6 Å². The quantitative estimate of drug-likeness (QED) is 0.766. The van der Waals surface area contributed by atoms with Crippen molar-refractivity contribution in [1.82, 2.24) is 4.72 Å². The van der Waals surface area contributed by atoms with E-state index >= 15 is 0 Å². The van der Waals surface area contributed by atoms with Gasteiger partial charge in [-0.05, 0) is 25.5 Å². The van der Waals surface area contributed by atoms with Crippen molar-refractivity contribution in [3.8, 4) is 5.75 Å². The second kappa shape index (κ2) is 7.98. The van der Waals surface area contributed by atoms with E-state index in [4.69, 9.17) is 16.3 Å². The summed E-state index contributed by atoms with van der Waals surface area (Å²) < 4.78 is 32.7. The first kappa shape index (κ1) is 18.2. The van der Waals surface area contributed by atoms with Gasteiger partial charge in [0.05, 0.1) is 13.7 Å². The molecule has 0 bridgehead atoms. The molecule has 0 spiro atoms. The number of nitrogens with one attached hydrogen (secondary N) is 1. The normalized spacial score (nSPS) is 13.2. The van der Waals surface area contributed by atoms with Crippen LogP contribution in [0.4, 0.5) is 0 Å². The fourth-order valence-electron chi connectivity index (χ4n) is 2.07. The van der Waals surface area contributed by atoms with Crippen LogP contribution in [0.25, 0.3) is 0 Å². The molecule has 0 amide bonds. The lowest BCUT2D eigenvalue weighted by Crippen LogP contribution is -2.32. The Labute approximate surface area is 131 Å². The molecule has 1 unspecified atom stereocenters. The van der Waals surface area contributed by atoms with Gasteiger partial charge in [-0.3, -0.25) is 0 Å². The maximum Gasteiger partial charge on any atom is 0.244 e. The predicted molar refractivity (Wildman–Crippen MR) is 83.2 cm³/mol. The third-order valence-electron chi connectivity index (χ3n) is 3.11. The molecule has 7 heteroatoms. The highest BCUT2D eigenvalue weighted by Gasteiger charge is 2.24. The predicted octanol–water partition coefficient (Wildman–Crippen LogP) is 2.70. The van der Waals surface area contributed by atoms with Crippen molar-refractivity contribution in [3.05, 3.63) is 22.7 Å². The van der Waals surface area contributed by atoms with Crippen molar-refractivity contribution in [3.63, 3.8) is 0 Å². The van der Waals surface area contributed by atoms with E-state index in [2.05, 4.69) is 11.6 Å². The lowest BCUT2D eigenvalue weighted by atomic mass is 10.2. The van der Waals surface area contributed by atoms with Crippen LogP contribution in [0.3, 0.4) is 0 Å². The van der Waals surface area contributed by atoms with Gasteiger partial charge >= 0.3 is 0 Å². The van der Waals surface area contributed by atoms with Crippen molar-refractivity contribution < 1.29 is 18.3 Å². The number of rotatable bonds is 8. The molecule has 1 aromatic carbocycles. The van der Waals surface area contributed by atoms with Gasteiger partial charge in [-0.2, -0.15) is 0 Å². The minimum atomic E-state index is -3.76. The van der Waals surface area contributed by atoms with Crippen molar-refractivity contribution >= 4 is 21.6 Å². The molecule has 21 heavy (non-hydrogen) atoms. The maximum atomic E-state index is 12.5. The fourth-order valence-corrected chi connectivity index (χ4v) is 3.89. The first-order valence-electron chi connectivity index (χ1n) is 6.85. The van der Waals surface area contributed by atoms with Gasteiger partial charge in [0, 0.05) is 16.6 Å². The average molecular weight is 336 g/mol. The zero-order valence-corrected chi connectivity index (χ0v) is 14.1. The van der Waals surface area contributed by atoms with Crippen LogP contribution >= 0.6 is 11.6 Å². The minimum Gasteiger partial charge on any atom is -0.495 e. The summed E-state index contributed by atoms with van der Waals surface area (Å²) in [5.41, 5.74) is 0.339. The van der Waals surface area contributed by atoms with E-state index in [1.54, 1.807) is 0 Å². The van der Waals surface area contributed by atoms with Crippen LogP contribution in [-0.2, 0) is 16.6 Å². The van der Waals surface area contributed by atoms with E-state index in [1.165, 1.54) is 19.2 Å². The van der Waals surface area contributed by atoms with Crippen molar-refractivity contribution in [2.75, 3.05) is 7.11 Å². The molecule has 0 fully saturated rings. The summed E-state index contributed by atoms with van der Waals surface area (Å²) in [7, 11) is -2.40. The SMILES string of the molecule is CCCCC(C)NS(=O)(=O)c1cc(Cl)cc(CO)c1OC. The van der Waals surface area contributed by atoms with Crippen LogP contribution < -0.4 is 9.46 Å². The summed E-state index contributed by atoms with van der Waals surface area (Å²) >= 11 is 5.93. The molecule has 0 aliphatic rings. The second-order valence-corrected chi connectivity index (χ2v) is 7.04. The Kier molecular flexibility index (Phi) is 6.93. The summed E-state index contributed by atoms with van der Waals surface area (Å²) in [6.07, 6.45) is 2.70. The summed E-state index contributed by atoms with van der Waals surface area (Å²) in [5.74, 6) is 0.122. The monoisotopic (exact) mass is 335 g/mol. The molecular formula is C14H22ClNO4S. The summed E-state index contributed by atoms with van der Waals surface area (Å²) in [5, 5.41) is 9.55. The lowest BCUT2D eigenvalue weighted by molar-refractivity contribution is 0.272. The van der Waals surface area contributed by atoms with Crippen LogP contribution in [-0.4, -0.2) is 26.7 Å². The van der Waals surface area contributed by atoms with E-state index in [9.17, 15) is 13.5 Å². The third kappa shape index (κ3) is 4.85. The zero-order valence-electron chi connectivity index (χ0n) is 12.5. The smallest absolute Gasteiger partial charge is 0.244 e. The van der Waals surface area contributed by atoms with Crippen LogP contribution in [0.15, 0.2) is 17.0 Å². The first-order valence-corrected chi connectivity index (χ1v) is 8.71. The molecule has 0 heterocycles. The Morgan fingerprint density at radius 2 is 2.10 bits per heavy atom. The molecule has 120 valence electrons. The Balaban J connectivity index is 3.15. The second-order valence-electron chi connectivity index (χ2n) is 4.92. The molecule has 1 atom stereocenters. The van der Waals surface area contributed by atoms with Crippen molar-refractivity contribution in [2.45, 2.75) is 50.7 Å². The molecule has 2 N–H and O–H groups in total. The van der Waals surface area contributed by atoms with Gasteiger partial charge < -0.3 is 9.84 Å². The lowest BCUT2D eigenvalue weighted by Gasteiger charge is -2.17. The number of halogens is 1. The summed E-state index contributed by atoms with van der Waals surface area (Å²) in [4.78, 5) is -0.0510. The van der Waals surface area contributed by atoms with Crippen LogP contribution in [0.1, 0.15) is 38.7 Å². The molecule has 0 radical (unpaired) electrons. The average Bonchev–Trinajstić information content (AvgIpc) is 2.43. The molecule has 0 aliphatic heterocycles. The molecule has 0 aromatic heterocycles. The molecule has 5 nitrogen and oxygen atoms in total. The van der Waals surface area contributed by atoms with Crippen LogP contribution in [0, 0.1) is 0 Å². The van der Waals surface area contributed by atoms with E-state index in [0.717, 1.165) is 19.3 Å². The van der Waals surface area contributed by atoms with Crippen LogP contribution in [0.5, 0.6) is 5.75 Å². The molecule has 1 aromatic rings. The standard InChI is InChI=1S/C14H22ClNO4S/c1-4-5-6-10(2)16-21(18,19)13-8-12(15)7-11(9-17)14(13)20-3/h7-8,10,16-17H,4-6,9H2,1-3H3. The number of methoxy groups -OCH3 is 1. The largest absolute Gasteiger partial charge is 0.495 e. The highest BCUT2D eigenvalue weighted by atomic mass is 35.5. The number of aliphatic hydroxyl groups excluding tert-OH is 1. The minimum absolute atomic E-state index is 0.0510. The summed E-state index contributed by atoms with van der Waals surface area (Å²) in [6.45, 7) is 3.52. The van der Waals surface area contributed by atoms with Gasteiger partial charge in [0.15, 0.2) is 0 Å². The highest BCUT2D eigenvalue weighted by molar-refractivity contribution is 7.89. The van der Waals surface area contributed by atoms with E-state index in [0.29, 0.717) is 5.56 Å². The zero-order chi connectivity index (χ0) is 16.0. The Bertz CT molecular complexity index is 575. The van der Waals surface area contributed by atoms with Gasteiger partial charge in [-0.1, -0.05) is 31.4 Å². The maximum absolute atomic E-state index is 12.5. The number of hydrogen-bond donors (Lipinski definition) is 2. The van der Waals surface area contributed by atoms with E-state index < -0.39 is 10.0 Å². The Morgan fingerprint density at radius 3 is 2.62 bits per heavy atom. The van der Waals surface area contributed by atoms with Gasteiger partial charge in [-0.15, -0.1) is 0 Å². The Morgan fingerprint density at radius 1 is 1.43 bits per heavy atom. The van der Waals surface area contributed by atoms with Crippen LogP contribution in [0.2, 0.25) is 5.02 Å². The number of sulfonamides is 1. The molecule has 0 saturated heterocycles. The number of ether oxygens (including phenoxy) is 1. The molecule has 0 aliphatic carbocycles. The topological polar surface area (TPSA) is 75.6 Å². The van der Waals surface area contributed by atoms with Gasteiger partial charge in [0.25, 0.3) is 0 Å². The Hall–Kier alpha value is -0.820. The van der Waals surface area contributed by atoms with Crippen molar-refractivity contribution in [2.24, 2.45) is 0 Å². The number of benzene rings is 1. The number of hydrogen-bond acceptors (Lipinski definition) is 4. The fraction of sp³-hybridized carbons (Fsp3) is 0.571. The molecular weight excluding hydrogens is 314 g/mol. The van der Waals surface area contributed by atoms with Gasteiger partial charge in [0.2, 0.25) is 10.0 Å². The third-order valence-corrected chi connectivity index (χ3v) is 4.92. The van der Waals surface area contributed by atoms with E-state index in [-0.39, 0.29) is 28.3 Å².